The Bertz CT molecular complexity index is 743. The second-order valence-electron chi connectivity index (χ2n) is 6.95. The van der Waals surface area contributed by atoms with Crippen molar-refractivity contribution >= 4 is 28.8 Å². The van der Waals surface area contributed by atoms with Crippen LogP contribution in [0.2, 0.25) is 5.02 Å². The molecule has 1 amide bonds. The van der Waals surface area contributed by atoms with Gasteiger partial charge in [0.2, 0.25) is 0 Å². The minimum atomic E-state index is -0.167. The van der Waals surface area contributed by atoms with Gasteiger partial charge in [-0.3, -0.25) is 4.79 Å². The first-order valence-electron chi connectivity index (χ1n) is 8.98. The molecule has 0 aliphatic carbocycles. The highest BCUT2D eigenvalue weighted by molar-refractivity contribution is 7.12. The van der Waals surface area contributed by atoms with E-state index >= 15 is 0 Å². The van der Waals surface area contributed by atoms with Gasteiger partial charge in [0.15, 0.2) is 0 Å². The molecule has 6 heteroatoms. The summed E-state index contributed by atoms with van der Waals surface area (Å²) >= 11 is 7.46. The van der Waals surface area contributed by atoms with Crippen molar-refractivity contribution in [1.29, 1.82) is 0 Å². The SMILES string of the molecule is CN(CC1CCN(CCc2cccc(F)c2)CC1)C(=O)c1sccc1Cl. The number of hydrogen-bond donors (Lipinski definition) is 0. The van der Waals surface area contributed by atoms with Gasteiger partial charge in [0.25, 0.3) is 5.91 Å². The van der Waals surface area contributed by atoms with Crippen molar-refractivity contribution < 1.29 is 9.18 Å². The third kappa shape index (κ3) is 5.06. The molecule has 3 rings (SSSR count). The van der Waals surface area contributed by atoms with Crippen LogP contribution >= 0.6 is 22.9 Å². The summed E-state index contributed by atoms with van der Waals surface area (Å²) < 4.78 is 13.2. The Balaban J connectivity index is 1.42. The van der Waals surface area contributed by atoms with Gasteiger partial charge in [0.1, 0.15) is 10.7 Å². The van der Waals surface area contributed by atoms with Gasteiger partial charge in [-0.25, -0.2) is 4.39 Å². The molecule has 1 fully saturated rings. The number of carbonyl (C=O) groups excluding carboxylic acids is 1. The number of piperidine rings is 1. The summed E-state index contributed by atoms with van der Waals surface area (Å²) in [6.45, 7) is 3.78. The van der Waals surface area contributed by atoms with Crippen LogP contribution in [-0.4, -0.2) is 48.9 Å². The molecule has 1 saturated heterocycles. The number of hydrogen-bond acceptors (Lipinski definition) is 3. The number of rotatable bonds is 6. The zero-order valence-electron chi connectivity index (χ0n) is 15.0. The molecule has 26 heavy (non-hydrogen) atoms. The van der Waals surface area contributed by atoms with Crippen LogP contribution in [-0.2, 0) is 6.42 Å². The van der Waals surface area contributed by atoms with Crippen molar-refractivity contribution in [3.8, 4) is 0 Å². The lowest BCUT2D eigenvalue weighted by Crippen LogP contribution is -2.40. The summed E-state index contributed by atoms with van der Waals surface area (Å²) in [4.78, 5) is 17.3. The Morgan fingerprint density at radius 1 is 1.35 bits per heavy atom. The molecule has 0 N–H and O–H groups in total. The smallest absolute Gasteiger partial charge is 0.265 e. The maximum atomic E-state index is 13.2. The minimum absolute atomic E-state index is 0.0125. The van der Waals surface area contributed by atoms with Gasteiger partial charge in [-0.15, -0.1) is 11.3 Å². The predicted octanol–water partition coefficient (Wildman–Crippen LogP) is 4.57. The number of likely N-dealkylation sites (tertiary alicyclic amines) is 1. The van der Waals surface area contributed by atoms with Crippen LogP contribution in [0, 0.1) is 11.7 Å². The van der Waals surface area contributed by atoms with Crippen LogP contribution in [0.4, 0.5) is 4.39 Å². The Hall–Kier alpha value is -1.43. The van der Waals surface area contributed by atoms with Crippen molar-refractivity contribution in [2.75, 3.05) is 33.2 Å². The molecule has 3 nitrogen and oxygen atoms in total. The van der Waals surface area contributed by atoms with Gasteiger partial charge in [-0.1, -0.05) is 23.7 Å². The second kappa shape index (κ2) is 8.98. The van der Waals surface area contributed by atoms with Gasteiger partial charge >= 0.3 is 0 Å². The monoisotopic (exact) mass is 394 g/mol. The van der Waals surface area contributed by atoms with Crippen molar-refractivity contribution in [2.24, 2.45) is 5.92 Å². The number of nitrogens with zero attached hydrogens (tertiary/aromatic N) is 2. The van der Waals surface area contributed by atoms with Gasteiger partial charge in [-0.05, 0) is 67.4 Å². The summed E-state index contributed by atoms with van der Waals surface area (Å²) in [7, 11) is 1.86. The summed E-state index contributed by atoms with van der Waals surface area (Å²) in [5.74, 6) is 0.367. The number of carbonyl (C=O) groups is 1. The highest BCUT2D eigenvalue weighted by Crippen LogP contribution is 2.25. The molecule has 1 aromatic carbocycles. The standard InChI is InChI=1S/C20H24ClFN2OS/c1-23(20(25)19-18(21)8-12-26-19)14-16-6-10-24(11-7-16)9-5-15-3-2-4-17(22)13-15/h2-4,8,12-13,16H,5-7,9-11,14H2,1H3. The van der Waals surface area contributed by atoms with E-state index in [1.807, 2.05) is 18.5 Å². The van der Waals surface area contributed by atoms with E-state index in [0.717, 1.165) is 51.0 Å². The van der Waals surface area contributed by atoms with E-state index in [-0.39, 0.29) is 11.7 Å². The van der Waals surface area contributed by atoms with E-state index in [9.17, 15) is 9.18 Å². The number of halogens is 2. The van der Waals surface area contributed by atoms with Crippen LogP contribution in [0.1, 0.15) is 28.1 Å². The molecular weight excluding hydrogens is 371 g/mol. The zero-order valence-corrected chi connectivity index (χ0v) is 16.5. The van der Waals surface area contributed by atoms with Crippen LogP contribution in [0.25, 0.3) is 0 Å². The van der Waals surface area contributed by atoms with Gasteiger partial charge in [0.05, 0.1) is 5.02 Å². The molecule has 0 unspecified atom stereocenters. The highest BCUT2D eigenvalue weighted by Gasteiger charge is 2.23. The average Bonchev–Trinajstić information content (AvgIpc) is 3.06. The summed E-state index contributed by atoms with van der Waals surface area (Å²) in [6.07, 6.45) is 3.04. The largest absolute Gasteiger partial charge is 0.341 e. The molecule has 0 radical (unpaired) electrons. The summed E-state index contributed by atoms with van der Waals surface area (Å²) in [5, 5.41) is 2.39. The molecule has 0 saturated carbocycles. The third-order valence-corrected chi connectivity index (χ3v) is 6.33. The minimum Gasteiger partial charge on any atom is -0.341 e. The van der Waals surface area contributed by atoms with Crippen molar-refractivity contribution in [1.82, 2.24) is 9.80 Å². The Morgan fingerprint density at radius 2 is 2.12 bits per heavy atom. The van der Waals surface area contributed by atoms with E-state index < -0.39 is 0 Å². The zero-order chi connectivity index (χ0) is 18.5. The van der Waals surface area contributed by atoms with E-state index in [0.29, 0.717) is 15.8 Å². The molecule has 2 aromatic rings. The molecule has 140 valence electrons. The highest BCUT2D eigenvalue weighted by atomic mass is 35.5. The normalized spacial score (nSPS) is 16.0. The van der Waals surface area contributed by atoms with Crippen LogP contribution in [0.3, 0.4) is 0 Å². The molecule has 0 spiro atoms. The van der Waals surface area contributed by atoms with E-state index in [1.165, 1.54) is 17.4 Å². The Kier molecular flexibility index (Phi) is 6.68. The Labute approximate surface area is 163 Å². The second-order valence-corrected chi connectivity index (χ2v) is 8.27. The predicted molar refractivity (Wildman–Crippen MR) is 106 cm³/mol. The third-order valence-electron chi connectivity index (χ3n) is 5.00. The van der Waals surface area contributed by atoms with E-state index in [2.05, 4.69) is 4.90 Å². The quantitative estimate of drug-likeness (QED) is 0.716. The van der Waals surface area contributed by atoms with Crippen LogP contribution < -0.4 is 0 Å². The molecular formula is C20H24ClFN2OS. The van der Waals surface area contributed by atoms with Gasteiger partial charge < -0.3 is 9.80 Å². The lowest BCUT2D eigenvalue weighted by atomic mass is 9.96. The molecule has 0 atom stereocenters. The molecule has 2 heterocycles. The fourth-order valence-electron chi connectivity index (χ4n) is 3.46. The van der Waals surface area contributed by atoms with Crippen LogP contribution in [0.5, 0.6) is 0 Å². The topological polar surface area (TPSA) is 23.6 Å². The first-order valence-corrected chi connectivity index (χ1v) is 10.2. The maximum Gasteiger partial charge on any atom is 0.265 e. The summed E-state index contributed by atoms with van der Waals surface area (Å²) in [6, 6.07) is 8.61. The first kappa shape index (κ1) is 19.3. The number of amides is 1. The van der Waals surface area contributed by atoms with Crippen LogP contribution in [0.15, 0.2) is 35.7 Å². The molecule has 0 bridgehead atoms. The summed E-state index contributed by atoms with van der Waals surface area (Å²) in [5.41, 5.74) is 1.05. The first-order chi connectivity index (χ1) is 12.5. The van der Waals surface area contributed by atoms with Crippen molar-refractivity contribution in [3.63, 3.8) is 0 Å². The number of benzene rings is 1. The van der Waals surface area contributed by atoms with E-state index in [1.54, 1.807) is 23.1 Å². The fraction of sp³-hybridized carbons (Fsp3) is 0.450. The molecule has 1 aliphatic rings. The van der Waals surface area contributed by atoms with E-state index in [4.69, 9.17) is 11.6 Å². The molecule has 1 aromatic heterocycles. The Morgan fingerprint density at radius 3 is 2.77 bits per heavy atom. The van der Waals surface area contributed by atoms with Gasteiger partial charge in [-0.2, -0.15) is 0 Å². The van der Waals surface area contributed by atoms with Crippen molar-refractivity contribution in [3.05, 3.63) is 57.0 Å². The maximum absolute atomic E-state index is 13.2. The lowest BCUT2D eigenvalue weighted by molar-refractivity contribution is 0.0745. The van der Waals surface area contributed by atoms with Crippen molar-refractivity contribution in [2.45, 2.75) is 19.3 Å². The average molecular weight is 395 g/mol. The number of thiophene rings is 1. The van der Waals surface area contributed by atoms with Gasteiger partial charge in [0, 0.05) is 20.1 Å². The lowest BCUT2D eigenvalue weighted by Gasteiger charge is -2.33. The molecule has 1 aliphatic heterocycles. The fourth-order valence-corrected chi connectivity index (χ4v) is 4.59.